The van der Waals surface area contributed by atoms with Crippen molar-refractivity contribution in [1.29, 1.82) is 0 Å². The molecule has 5 heteroatoms. The second kappa shape index (κ2) is 7.74. The molecule has 5 nitrogen and oxygen atoms in total. The van der Waals surface area contributed by atoms with Crippen LogP contribution in [-0.2, 0) is 6.42 Å². The van der Waals surface area contributed by atoms with E-state index in [-0.39, 0.29) is 17.9 Å². The first-order chi connectivity index (χ1) is 12.1. The van der Waals surface area contributed by atoms with Crippen molar-refractivity contribution in [3.05, 3.63) is 59.7 Å². The van der Waals surface area contributed by atoms with Gasteiger partial charge in [-0.05, 0) is 38.2 Å². The Morgan fingerprint density at radius 3 is 2.72 bits per heavy atom. The second-order valence-electron chi connectivity index (χ2n) is 7.02. The number of rotatable bonds is 5. The van der Waals surface area contributed by atoms with Crippen LogP contribution in [-0.4, -0.2) is 45.6 Å². The Labute approximate surface area is 148 Å². The third-order valence-electron chi connectivity index (χ3n) is 5.07. The SMILES string of the molecule is Cc1cnc(C(=O)N2CCC[C@@](CO)(CCc3ccccc3)C2)cn1. The third kappa shape index (κ3) is 4.23. The van der Waals surface area contributed by atoms with Gasteiger partial charge in [0, 0.05) is 24.7 Å². The van der Waals surface area contributed by atoms with Crippen LogP contribution in [0.3, 0.4) is 0 Å². The van der Waals surface area contributed by atoms with Crippen LogP contribution < -0.4 is 0 Å². The molecule has 0 aliphatic carbocycles. The van der Waals surface area contributed by atoms with Crippen molar-refractivity contribution >= 4 is 5.91 Å². The lowest BCUT2D eigenvalue weighted by Gasteiger charge is -2.42. The number of hydrogen-bond acceptors (Lipinski definition) is 4. The van der Waals surface area contributed by atoms with Gasteiger partial charge in [0.1, 0.15) is 5.69 Å². The number of piperidine rings is 1. The van der Waals surface area contributed by atoms with E-state index in [1.807, 2.05) is 30.0 Å². The Morgan fingerprint density at radius 2 is 2.04 bits per heavy atom. The van der Waals surface area contributed by atoms with Gasteiger partial charge in [-0.3, -0.25) is 9.78 Å². The molecule has 0 radical (unpaired) electrons. The zero-order chi connectivity index (χ0) is 17.7. The van der Waals surface area contributed by atoms with Crippen molar-refractivity contribution in [3.8, 4) is 0 Å². The molecule has 1 saturated heterocycles. The molecule has 1 aromatic heterocycles. The molecule has 3 rings (SSSR count). The summed E-state index contributed by atoms with van der Waals surface area (Å²) in [6.45, 7) is 3.23. The lowest BCUT2D eigenvalue weighted by atomic mass is 9.76. The van der Waals surface area contributed by atoms with E-state index in [2.05, 4.69) is 22.1 Å². The summed E-state index contributed by atoms with van der Waals surface area (Å²) < 4.78 is 0. The van der Waals surface area contributed by atoms with Gasteiger partial charge in [0.05, 0.1) is 18.5 Å². The van der Waals surface area contributed by atoms with Crippen LogP contribution in [0.4, 0.5) is 0 Å². The minimum absolute atomic E-state index is 0.0928. The smallest absolute Gasteiger partial charge is 0.274 e. The molecule has 132 valence electrons. The topological polar surface area (TPSA) is 66.3 Å². The number of aliphatic hydroxyl groups is 1. The molecule has 1 aliphatic heterocycles. The minimum Gasteiger partial charge on any atom is -0.396 e. The molecule has 1 atom stereocenters. The van der Waals surface area contributed by atoms with Crippen LogP contribution in [0.25, 0.3) is 0 Å². The fraction of sp³-hybridized carbons (Fsp3) is 0.450. The monoisotopic (exact) mass is 339 g/mol. The summed E-state index contributed by atoms with van der Waals surface area (Å²) in [5.41, 5.74) is 2.20. The molecule has 1 aromatic carbocycles. The van der Waals surface area contributed by atoms with Crippen LogP contribution in [0.15, 0.2) is 42.7 Å². The highest BCUT2D eigenvalue weighted by atomic mass is 16.3. The Morgan fingerprint density at radius 1 is 1.24 bits per heavy atom. The summed E-state index contributed by atoms with van der Waals surface area (Å²) in [6, 6.07) is 10.3. The number of aliphatic hydroxyl groups excluding tert-OH is 1. The number of hydrogen-bond donors (Lipinski definition) is 1. The fourth-order valence-electron chi connectivity index (χ4n) is 3.51. The number of aryl methyl sites for hydroxylation is 2. The molecule has 1 fully saturated rings. The molecule has 2 heterocycles. The molecular formula is C20H25N3O2. The quantitative estimate of drug-likeness (QED) is 0.909. The van der Waals surface area contributed by atoms with Crippen molar-refractivity contribution in [2.45, 2.75) is 32.6 Å². The highest BCUT2D eigenvalue weighted by Crippen LogP contribution is 2.34. The highest BCUT2D eigenvalue weighted by Gasteiger charge is 2.37. The maximum Gasteiger partial charge on any atom is 0.274 e. The van der Waals surface area contributed by atoms with Gasteiger partial charge in [-0.25, -0.2) is 4.98 Å². The van der Waals surface area contributed by atoms with E-state index in [9.17, 15) is 9.90 Å². The van der Waals surface area contributed by atoms with Crippen LogP contribution in [0.1, 0.15) is 41.0 Å². The van der Waals surface area contributed by atoms with Gasteiger partial charge in [-0.15, -0.1) is 0 Å². The van der Waals surface area contributed by atoms with Crippen molar-refractivity contribution in [1.82, 2.24) is 14.9 Å². The van der Waals surface area contributed by atoms with E-state index in [1.165, 1.54) is 11.8 Å². The first kappa shape index (κ1) is 17.5. The molecule has 0 bridgehead atoms. The number of nitrogens with zero attached hydrogens (tertiary/aromatic N) is 3. The average molecular weight is 339 g/mol. The van der Waals surface area contributed by atoms with E-state index >= 15 is 0 Å². The number of aromatic nitrogens is 2. The predicted molar refractivity (Wildman–Crippen MR) is 96.2 cm³/mol. The maximum absolute atomic E-state index is 12.7. The molecule has 25 heavy (non-hydrogen) atoms. The average Bonchev–Trinajstić information content (AvgIpc) is 2.67. The summed E-state index contributed by atoms with van der Waals surface area (Å²) in [7, 11) is 0. The zero-order valence-corrected chi connectivity index (χ0v) is 14.7. The highest BCUT2D eigenvalue weighted by molar-refractivity contribution is 5.92. The first-order valence-corrected chi connectivity index (χ1v) is 8.85. The predicted octanol–water partition coefficient (Wildman–Crippen LogP) is 2.63. The summed E-state index contributed by atoms with van der Waals surface area (Å²) >= 11 is 0. The first-order valence-electron chi connectivity index (χ1n) is 8.85. The summed E-state index contributed by atoms with van der Waals surface area (Å²) in [6.07, 6.45) is 6.79. The van der Waals surface area contributed by atoms with E-state index in [0.29, 0.717) is 18.8 Å². The van der Waals surface area contributed by atoms with Gasteiger partial charge >= 0.3 is 0 Å². The lowest BCUT2D eigenvalue weighted by molar-refractivity contribution is 0.0224. The molecule has 1 amide bonds. The number of amides is 1. The summed E-state index contributed by atoms with van der Waals surface area (Å²) in [5, 5.41) is 10.1. The normalized spacial score (nSPS) is 20.5. The molecular weight excluding hydrogens is 314 g/mol. The summed E-state index contributed by atoms with van der Waals surface area (Å²) in [4.78, 5) is 22.9. The van der Waals surface area contributed by atoms with E-state index in [1.54, 1.807) is 6.20 Å². The van der Waals surface area contributed by atoms with Gasteiger partial charge in [0.15, 0.2) is 0 Å². The zero-order valence-electron chi connectivity index (χ0n) is 14.7. The number of benzene rings is 1. The van der Waals surface area contributed by atoms with Gasteiger partial charge in [-0.1, -0.05) is 30.3 Å². The van der Waals surface area contributed by atoms with Crippen molar-refractivity contribution in [2.75, 3.05) is 19.7 Å². The summed E-state index contributed by atoms with van der Waals surface area (Å²) in [5.74, 6) is -0.0928. The Balaban J connectivity index is 1.69. The van der Waals surface area contributed by atoms with Crippen LogP contribution in [0.2, 0.25) is 0 Å². The standard InChI is InChI=1S/C20H25N3O2/c1-16-12-22-18(13-21-16)19(25)23-11-5-9-20(14-23,15-24)10-8-17-6-3-2-4-7-17/h2-4,6-7,12-13,24H,5,8-11,14-15H2,1H3/t20-/m1/s1. The molecule has 0 unspecified atom stereocenters. The van der Waals surface area contributed by atoms with E-state index in [4.69, 9.17) is 0 Å². The molecule has 0 spiro atoms. The number of carbonyl (C=O) groups excluding carboxylic acids is 1. The second-order valence-corrected chi connectivity index (χ2v) is 7.02. The van der Waals surface area contributed by atoms with E-state index in [0.717, 1.165) is 31.4 Å². The molecule has 1 N–H and O–H groups in total. The third-order valence-corrected chi connectivity index (χ3v) is 5.07. The van der Waals surface area contributed by atoms with E-state index < -0.39 is 0 Å². The lowest BCUT2D eigenvalue weighted by Crippen LogP contribution is -2.48. The molecule has 1 aliphatic rings. The van der Waals surface area contributed by atoms with Gasteiger partial charge in [0.25, 0.3) is 5.91 Å². The van der Waals surface area contributed by atoms with Crippen molar-refractivity contribution < 1.29 is 9.90 Å². The van der Waals surface area contributed by atoms with Crippen molar-refractivity contribution in [2.24, 2.45) is 5.41 Å². The maximum atomic E-state index is 12.7. The molecule has 2 aromatic rings. The van der Waals surface area contributed by atoms with Crippen LogP contribution in [0.5, 0.6) is 0 Å². The van der Waals surface area contributed by atoms with Gasteiger partial charge in [-0.2, -0.15) is 0 Å². The Kier molecular flexibility index (Phi) is 5.43. The van der Waals surface area contributed by atoms with Crippen LogP contribution in [0, 0.1) is 12.3 Å². The minimum atomic E-state index is -0.234. The Hall–Kier alpha value is -2.27. The largest absolute Gasteiger partial charge is 0.396 e. The van der Waals surface area contributed by atoms with Crippen LogP contribution >= 0.6 is 0 Å². The molecule has 0 saturated carbocycles. The number of likely N-dealkylation sites (tertiary alicyclic amines) is 1. The number of carbonyl (C=O) groups is 1. The van der Waals surface area contributed by atoms with Gasteiger partial charge < -0.3 is 10.0 Å². The van der Waals surface area contributed by atoms with Crippen molar-refractivity contribution in [3.63, 3.8) is 0 Å². The fourth-order valence-corrected chi connectivity index (χ4v) is 3.51. The van der Waals surface area contributed by atoms with Gasteiger partial charge in [0.2, 0.25) is 0 Å². The Bertz CT molecular complexity index is 703.